The molecule has 0 bridgehead atoms. The fraction of sp³-hybridized carbons (Fsp3) is 0.800. The molecule has 1 saturated heterocycles. The van der Waals surface area contributed by atoms with Gasteiger partial charge in [0.25, 0.3) is 0 Å². The number of esters is 4. The van der Waals surface area contributed by atoms with Crippen LogP contribution in [0.4, 0.5) is 0 Å². The number of carbonyl (C=O) groups is 4. The monoisotopic (exact) mass is 909 g/mol. The van der Waals surface area contributed by atoms with E-state index < -0.39 is 72.8 Å². The molecule has 0 aliphatic carbocycles. The van der Waals surface area contributed by atoms with Crippen LogP contribution in [0.3, 0.4) is 0 Å². The van der Waals surface area contributed by atoms with Crippen molar-refractivity contribution in [2.75, 3.05) is 66.1 Å². The Morgan fingerprint density at radius 1 is 0.578 bits per heavy atom. The minimum Gasteiger partial charge on any atom is -0.490 e. The Bertz CT molecular complexity index is 1450. The Morgan fingerprint density at radius 2 is 1.02 bits per heavy atom. The van der Waals surface area contributed by atoms with Gasteiger partial charge in [-0.2, -0.15) is 0 Å². The van der Waals surface area contributed by atoms with Gasteiger partial charge in [0.15, 0.2) is 17.3 Å². The van der Waals surface area contributed by atoms with Gasteiger partial charge < -0.3 is 48.1 Å². The van der Waals surface area contributed by atoms with E-state index in [-0.39, 0.29) is 32.0 Å². The Balaban J connectivity index is 1.98. The van der Waals surface area contributed by atoms with E-state index in [2.05, 4.69) is 13.8 Å². The molecule has 1 unspecified atom stereocenters. The van der Waals surface area contributed by atoms with E-state index in [1.54, 1.807) is 32.0 Å². The van der Waals surface area contributed by atoms with Gasteiger partial charge in [0.2, 0.25) is 0 Å². The first-order valence-corrected chi connectivity index (χ1v) is 24.3. The zero-order valence-corrected chi connectivity index (χ0v) is 40.3. The van der Waals surface area contributed by atoms with E-state index in [1.165, 1.54) is 110 Å². The predicted octanol–water partition coefficient (Wildman–Crippen LogP) is 9.47. The molecule has 64 heavy (non-hydrogen) atoms. The van der Waals surface area contributed by atoms with Gasteiger partial charge in [0, 0.05) is 0 Å². The number of aliphatic hydroxyl groups is 2. The molecule has 14 heteroatoms. The molecule has 1 aromatic rings. The summed E-state index contributed by atoms with van der Waals surface area (Å²) in [6.45, 7) is 8.51. The highest BCUT2D eigenvalue weighted by Crippen LogP contribution is 2.30. The standard InChI is InChI=1S/C50H84O14/c1-7-9-11-13-15-17-19-21-23-25-29-57-42-28-27-40(33-43(42)58-30-26-24-22-20-18-16-14-12-10-8-2)44(53)59-31-32-60-47(56)50(6,39-62-46(55)49(5,36-51)37-52)38-61-45(54)41-34-63-48(3,4)64-35-41/h27-28,33,41,51-52H,7-26,29-32,34-39H2,1-6H3. The normalized spacial score (nSPS) is 14.9. The molecule has 1 atom stereocenters. The van der Waals surface area contributed by atoms with Crippen LogP contribution in [0, 0.1) is 16.7 Å². The van der Waals surface area contributed by atoms with Crippen molar-refractivity contribution in [2.45, 2.75) is 176 Å². The van der Waals surface area contributed by atoms with E-state index in [0.29, 0.717) is 24.7 Å². The van der Waals surface area contributed by atoms with Crippen LogP contribution in [0.1, 0.15) is 180 Å². The Kier molecular flexibility index (Phi) is 28.6. The van der Waals surface area contributed by atoms with E-state index >= 15 is 0 Å². The molecule has 1 aromatic carbocycles. The van der Waals surface area contributed by atoms with Gasteiger partial charge in [0.1, 0.15) is 43.2 Å². The lowest BCUT2D eigenvalue weighted by Crippen LogP contribution is -2.46. The summed E-state index contributed by atoms with van der Waals surface area (Å²) in [4.78, 5) is 52.4. The van der Waals surface area contributed by atoms with Crippen molar-refractivity contribution in [3.8, 4) is 11.5 Å². The van der Waals surface area contributed by atoms with Gasteiger partial charge >= 0.3 is 23.9 Å². The summed E-state index contributed by atoms with van der Waals surface area (Å²) in [7, 11) is 0. The van der Waals surface area contributed by atoms with Crippen LogP contribution in [-0.4, -0.2) is 106 Å². The van der Waals surface area contributed by atoms with Crippen molar-refractivity contribution in [3.05, 3.63) is 23.8 Å². The molecule has 368 valence electrons. The molecule has 0 spiro atoms. The predicted molar refractivity (Wildman–Crippen MR) is 244 cm³/mol. The molecule has 1 aliphatic heterocycles. The molecule has 0 saturated carbocycles. The number of aliphatic hydroxyl groups excluding tert-OH is 2. The Morgan fingerprint density at radius 3 is 1.52 bits per heavy atom. The highest BCUT2D eigenvalue weighted by atomic mass is 16.7. The van der Waals surface area contributed by atoms with Crippen molar-refractivity contribution in [1.29, 1.82) is 0 Å². The molecule has 1 fully saturated rings. The smallest absolute Gasteiger partial charge is 0.338 e. The Hall–Kier alpha value is -3.46. The summed E-state index contributed by atoms with van der Waals surface area (Å²) in [5.74, 6) is -3.77. The molecular weight excluding hydrogens is 825 g/mol. The number of rotatable bonds is 37. The third-order valence-electron chi connectivity index (χ3n) is 11.6. The fourth-order valence-corrected chi connectivity index (χ4v) is 6.85. The van der Waals surface area contributed by atoms with Crippen LogP contribution >= 0.6 is 0 Å². The van der Waals surface area contributed by atoms with Gasteiger partial charge in [-0.15, -0.1) is 0 Å². The second-order valence-corrected chi connectivity index (χ2v) is 18.3. The molecule has 2 rings (SSSR count). The van der Waals surface area contributed by atoms with Crippen molar-refractivity contribution in [2.24, 2.45) is 16.7 Å². The number of unbranched alkanes of at least 4 members (excludes halogenated alkanes) is 18. The number of hydrogen-bond donors (Lipinski definition) is 2. The summed E-state index contributed by atoms with van der Waals surface area (Å²) in [6.07, 6.45) is 24.3. The van der Waals surface area contributed by atoms with Crippen LogP contribution < -0.4 is 9.47 Å². The van der Waals surface area contributed by atoms with Crippen molar-refractivity contribution in [1.82, 2.24) is 0 Å². The molecule has 0 radical (unpaired) electrons. The summed E-state index contributed by atoms with van der Waals surface area (Å²) in [5.41, 5.74) is -3.09. The molecule has 1 aliphatic rings. The first kappa shape index (κ1) is 56.7. The van der Waals surface area contributed by atoms with Crippen LogP contribution in [0.25, 0.3) is 0 Å². The largest absolute Gasteiger partial charge is 0.490 e. The minimum atomic E-state index is -1.71. The van der Waals surface area contributed by atoms with Gasteiger partial charge in [-0.3, -0.25) is 14.4 Å². The summed E-state index contributed by atoms with van der Waals surface area (Å²) in [6, 6.07) is 4.96. The van der Waals surface area contributed by atoms with Crippen LogP contribution in [0.5, 0.6) is 11.5 Å². The SMILES string of the molecule is CCCCCCCCCCCCOc1ccc(C(=O)OCCOC(=O)C(C)(COC(=O)C2COC(C)(C)OC2)COC(=O)C(C)(CO)CO)cc1OCCCCCCCCCCCC. The van der Waals surface area contributed by atoms with Crippen molar-refractivity contribution in [3.63, 3.8) is 0 Å². The summed E-state index contributed by atoms with van der Waals surface area (Å²) in [5, 5.41) is 19.3. The number of benzene rings is 1. The maximum atomic E-state index is 13.5. The second kappa shape index (κ2) is 32.3. The average Bonchev–Trinajstić information content (AvgIpc) is 3.29. The van der Waals surface area contributed by atoms with Gasteiger partial charge in [0.05, 0.1) is 45.2 Å². The Labute approximate surface area is 384 Å². The average molecular weight is 909 g/mol. The van der Waals surface area contributed by atoms with E-state index in [0.717, 1.165) is 32.1 Å². The van der Waals surface area contributed by atoms with Crippen molar-refractivity contribution >= 4 is 23.9 Å². The summed E-state index contributed by atoms with van der Waals surface area (Å²) < 4.78 is 45.2. The third kappa shape index (κ3) is 22.6. The van der Waals surface area contributed by atoms with E-state index in [4.69, 9.17) is 37.9 Å². The lowest BCUT2D eigenvalue weighted by molar-refractivity contribution is -0.262. The third-order valence-corrected chi connectivity index (χ3v) is 11.6. The number of hydrogen-bond acceptors (Lipinski definition) is 14. The zero-order valence-electron chi connectivity index (χ0n) is 40.3. The van der Waals surface area contributed by atoms with Gasteiger partial charge in [-0.05, 0) is 58.7 Å². The quantitative estimate of drug-likeness (QED) is 0.0366. The number of ether oxygens (including phenoxy) is 8. The van der Waals surface area contributed by atoms with Crippen LogP contribution in [0.2, 0.25) is 0 Å². The molecule has 14 nitrogen and oxygen atoms in total. The molecule has 2 N–H and O–H groups in total. The van der Waals surface area contributed by atoms with Crippen LogP contribution in [-0.2, 0) is 42.8 Å². The minimum absolute atomic E-state index is 0.0425. The first-order chi connectivity index (χ1) is 30.7. The lowest BCUT2D eigenvalue weighted by atomic mass is 9.91. The topological polar surface area (TPSA) is 183 Å². The van der Waals surface area contributed by atoms with Crippen molar-refractivity contribution < 1.29 is 67.3 Å². The molecule has 1 heterocycles. The van der Waals surface area contributed by atoms with E-state index in [9.17, 15) is 29.4 Å². The fourth-order valence-electron chi connectivity index (χ4n) is 6.85. The lowest BCUT2D eigenvalue weighted by Gasteiger charge is -2.34. The van der Waals surface area contributed by atoms with Gasteiger partial charge in [-0.25, -0.2) is 4.79 Å². The van der Waals surface area contributed by atoms with E-state index in [1.807, 2.05) is 0 Å². The first-order valence-electron chi connectivity index (χ1n) is 24.3. The second-order valence-electron chi connectivity index (χ2n) is 18.3. The maximum absolute atomic E-state index is 13.5. The number of carbonyl (C=O) groups excluding carboxylic acids is 4. The maximum Gasteiger partial charge on any atom is 0.338 e. The molecular formula is C50H84O14. The zero-order chi connectivity index (χ0) is 47.1. The molecule has 0 amide bonds. The highest BCUT2D eigenvalue weighted by Gasteiger charge is 2.42. The van der Waals surface area contributed by atoms with Crippen LogP contribution in [0.15, 0.2) is 18.2 Å². The summed E-state index contributed by atoms with van der Waals surface area (Å²) >= 11 is 0. The molecule has 0 aromatic heterocycles. The highest BCUT2D eigenvalue weighted by molar-refractivity contribution is 5.90. The van der Waals surface area contributed by atoms with Gasteiger partial charge in [-0.1, -0.05) is 129 Å².